The van der Waals surface area contributed by atoms with Crippen LogP contribution in [0.5, 0.6) is 0 Å². The molecule has 12 heteroatoms. The molecule has 0 amide bonds. The van der Waals surface area contributed by atoms with Crippen LogP contribution in [0.1, 0.15) is 153 Å². The largest absolute Gasteiger partial charge is 0.472 e. The van der Waals surface area contributed by atoms with Gasteiger partial charge in [-0.25, -0.2) is 9.59 Å². The molecule has 0 radical (unpaired) electrons. The Morgan fingerprint density at radius 2 is 1.04 bits per heavy atom. The van der Waals surface area contributed by atoms with Crippen molar-refractivity contribution in [1.29, 1.82) is 0 Å². The van der Waals surface area contributed by atoms with Crippen LogP contribution in [0.2, 0.25) is 0 Å². The number of epoxide rings is 2. The molecule has 6 heterocycles. The highest BCUT2D eigenvalue weighted by Crippen LogP contribution is 2.79. The number of nitrogens with zero attached hydrogens (tertiary/aromatic N) is 2. The van der Waals surface area contributed by atoms with Crippen LogP contribution >= 0.6 is 23.5 Å². The van der Waals surface area contributed by atoms with E-state index >= 15 is 0 Å². The number of rotatable bonds is 12. The third-order valence-electron chi connectivity index (χ3n) is 23.6. The summed E-state index contributed by atoms with van der Waals surface area (Å²) in [5, 5.41) is 0.643. The second kappa shape index (κ2) is 17.5. The number of carbonyl (C=O) groups is 2. The van der Waals surface area contributed by atoms with Gasteiger partial charge in [0, 0.05) is 56.8 Å². The van der Waals surface area contributed by atoms with Gasteiger partial charge in [-0.1, -0.05) is 51.0 Å². The molecule has 2 aromatic rings. The summed E-state index contributed by atoms with van der Waals surface area (Å²) in [5.41, 5.74) is 4.32. The molecule has 8 unspecified atom stereocenters. The summed E-state index contributed by atoms with van der Waals surface area (Å²) in [5.74, 6) is 2.60. The first-order chi connectivity index (χ1) is 34.9. The zero-order valence-corrected chi connectivity index (χ0v) is 45.1. The number of esters is 2. The first-order valence-corrected chi connectivity index (χ1v) is 30.9. The van der Waals surface area contributed by atoms with E-state index < -0.39 is 35.0 Å². The fraction of sp³-hybridized carbons (Fsp3) is 0.767. The van der Waals surface area contributed by atoms with Gasteiger partial charge < -0.3 is 37.6 Å². The van der Waals surface area contributed by atoms with Gasteiger partial charge in [0.1, 0.15) is 23.4 Å². The Morgan fingerprint density at radius 1 is 0.611 bits per heavy atom. The standard InChI is InChI=1S/C60H80N2O8S2/c1-55-17-13-43-45(59(55)51(69-59)33-47(55)37-15-25-65-35-37)11-9-39-29-41(71-27-23-61-19-5-6-20-61)31-49(57(39,43)3)67-53(63)54(64)68-50-32-42(72-28-24-62-21-7-8-22-62)30-40-10-12-46-44(58(40,50)4)14-18-56(2)48(38-16-26-66-36-38)34-52-60(46,56)70-52/h9-10,15-16,25-26,35-36,41-52H,5-8,11-14,17-24,27-34H2,1-4H3/t41?,42?,43-,44-,45-,46-,47?,48?,49?,50?,51?,52?,55-,56-,57+,58+,59+,60+/m1/s1. The lowest BCUT2D eigenvalue weighted by atomic mass is 9.46. The molecule has 390 valence electrons. The van der Waals surface area contributed by atoms with Gasteiger partial charge in [-0.3, -0.25) is 0 Å². The van der Waals surface area contributed by atoms with E-state index in [0.717, 1.165) is 102 Å². The highest BCUT2D eigenvalue weighted by molar-refractivity contribution is 8.00. The number of hydrogen-bond donors (Lipinski definition) is 0. The molecule has 18 atom stereocenters. The van der Waals surface area contributed by atoms with Crippen molar-refractivity contribution in [3.8, 4) is 0 Å². The van der Waals surface area contributed by atoms with E-state index in [0.29, 0.717) is 46.0 Å². The first-order valence-electron chi connectivity index (χ1n) is 28.8. The Balaban J connectivity index is 0.740. The Hall–Kier alpha value is -2.48. The van der Waals surface area contributed by atoms with Crippen molar-refractivity contribution in [2.75, 3.05) is 50.8 Å². The summed E-state index contributed by atoms with van der Waals surface area (Å²) in [6.07, 6.45) is 29.3. The third-order valence-corrected chi connectivity index (χ3v) is 26.1. The van der Waals surface area contributed by atoms with Crippen LogP contribution in [0.4, 0.5) is 0 Å². The SMILES string of the molecule is C[C@]12C(=CC[C@@H]3[C@H]1CC[C@]1(C)C(c4ccoc4)CC4O[C@]431)CC(SCCN1CCCC1)CC2OC(=O)C(=O)OC1CC(SCCN2CCCC2)CC2=CC[C@@H]3[C@@H](CC[C@]4(C)C(c5ccoc5)CC5O[C@]534)[C@]21C. The number of likely N-dealkylation sites (tertiary alicyclic amines) is 2. The maximum atomic E-state index is 15.0. The predicted molar refractivity (Wildman–Crippen MR) is 280 cm³/mol. The summed E-state index contributed by atoms with van der Waals surface area (Å²) in [7, 11) is 0. The zero-order chi connectivity index (χ0) is 48.8. The van der Waals surface area contributed by atoms with Crippen molar-refractivity contribution < 1.29 is 37.4 Å². The van der Waals surface area contributed by atoms with Crippen LogP contribution in [0.3, 0.4) is 0 Å². The molecule has 0 aromatic carbocycles. The van der Waals surface area contributed by atoms with Gasteiger partial charge in [-0.05, 0) is 188 Å². The van der Waals surface area contributed by atoms with Crippen molar-refractivity contribution in [2.45, 2.75) is 188 Å². The van der Waals surface area contributed by atoms with Crippen LogP contribution in [0.25, 0.3) is 0 Å². The average Bonchev–Trinajstić information content (AvgIpc) is 3.94. The molecule has 2 spiro atoms. The maximum Gasteiger partial charge on any atom is 0.417 e. The van der Waals surface area contributed by atoms with E-state index in [9.17, 15) is 9.59 Å². The van der Waals surface area contributed by atoms with Gasteiger partial charge in [0.2, 0.25) is 0 Å². The number of hydrogen-bond acceptors (Lipinski definition) is 12. The van der Waals surface area contributed by atoms with Gasteiger partial charge in [0.25, 0.3) is 0 Å². The van der Waals surface area contributed by atoms with Crippen molar-refractivity contribution in [1.82, 2.24) is 9.80 Å². The fourth-order valence-corrected chi connectivity index (χ4v) is 22.4. The second-order valence-corrected chi connectivity index (χ2v) is 28.9. The fourth-order valence-electron chi connectivity index (χ4n) is 19.8. The summed E-state index contributed by atoms with van der Waals surface area (Å²) < 4.78 is 39.0. The summed E-state index contributed by atoms with van der Waals surface area (Å²) in [6.45, 7) is 16.8. The van der Waals surface area contributed by atoms with Crippen molar-refractivity contribution >= 4 is 35.5 Å². The van der Waals surface area contributed by atoms with Crippen molar-refractivity contribution in [2.24, 2.45) is 45.3 Å². The summed E-state index contributed by atoms with van der Waals surface area (Å²) in [4.78, 5) is 35.1. The Labute approximate surface area is 436 Å². The van der Waals surface area contributed by atoms with E-state index in [4.69, 9.17) is 27.8 Å². The van der Waals surface area contributed by atoms with Gasteiger partial charge >= 0.3 is 11.9 Å². The lowest BCUT2D eigenvalue weighted by molar-refractivity contribution is -0.189. The topological polar surface area (TPSA) is 110 Å². The maximum absolute atomic E-state index is 15.0. The normalized spacial score (nSPS) is 47.6. The van der Waals surface area contributed by atoms with E-state index in [1.165, 1.54) is 74.1 Å². The Morgan fingerprint density at radius 3 is 1.44 bits per heavy atom. The Bertz CT molecular complexity index is 2300. The number of carbonyl (C=O) groups excluding carboxylic acids is 2. The predicted octanol–water partition coefficient (Wildman–Crippen LogP) is 11.4. The molecular formula is C60H80N2O8S2. The van der Waals surface area contributed by atoms with Crippen LogP contribution in [0, 0.1) is 45.3 Å². The lowest BCUT2D eigenvalue weighted by Crippen LogP contribution is -2.60. The highest BCUT2D eigenvalue weighted by Gasteiger charge is 2.82. The molecule has 10 fully saturated rings. The quantitative estimate of drug-likeness (QED) is 0.0874. The molecule has 8 aliphatic carbocycles. The number of fused-ring (bicyclic) bond motifs is 6. The van der Waals surface area contributed by atoms with Crippen molar-refractivity contribution in [3.63, 3.8) is 0 Å². The molecule has 4 saturated heterocycles. The lowest BCUT2D eigenvalue weighted by Gasteiger charge is -2.60. The molecule has 4 aliphatic heterocycles. The highest BCUT2D eigenvalue weighted by atomic mass is 32.2. The number of furan rings is 2. The van der Waals surface area contributed by atoms with Crippen LogP contribution in [-0.2, 0) is 28.5 Å². The summed E-state index contributed by atoms with van der Waals surface area (Å²) in [6, 6.07) is 4.33. The van der Waals surface area contributed by atoms with Crippen LogP contribution < -0.4 is 0 Å². The van der Waals surface area contributed by atoms with Gasteiger partial charge in [-0.2, -0.15) is 23.5 Å². The van der Waals surface area contributed by atoms with E-state index in [1.807, 2.05) is 25.1 Å². The minimum atomic E-state index is -0.796. The van der Waals surface area contributed by atoms with E-state index in [1.54, 1.807) is 0 Å². The number of thioether (sulfide) groups is 2. The minimum absolute atomic E-state index is 0.0112. The van der Waals surface area contributed by atoms with E-state index in [2.05, 4.69) is 85.3 Å². The second-order valence-electron chi connectivity index (χ2n) is 26.1. The van der Waals surface area contributed by atoms with Gasteiger partial charge in [-0.15, -0.1) is 0 Å². The molecule has 10 nitrogen and oxygen atoms in total. The molecule has 72 heavy (non-hydrogen) atoms. The molecule has 6 saturated carbocycles. The number of ether oxygens (including phenoxy) is 4. The van der Waals surface area contributed by atoms with E-state index in [-0.39, 0.29) is 34.2 Å². The van der Waals surface area contributed by atoms with Crippen molar-refractivity contribution in [3.05, 3.63) is 71.6 Å². The van der Waals surface area contributed by atoms with Gasteiger partial charge in [0.15, 0.2) is 0 Å². The molecule has 14 rings (SSSR count). The van der Waals surface area contributed by atoms with Crippen LogP contribution in [0.15, 0.2) is 69.3 Å². The van der Waals surface area contributed by atoms with Crippen LogP contribution in [-0.4, -0.2) is 119 Å². The minimum Gasteiger partial charge on any atom is -0.472 e. The molecule has 12 aliphatic rings. The Kier molecular flexibility index (Phi) is 11.7. The number of allylic oxidation sites excluding steroid dienone is 2. The zero-order valence-electron chi connectivity index (χ0n) is 43.5. The third kappa shape index (κ3) is 6.94. The monoisotopic (exact) mass is 1020 g/mol. The molecule has 0 N–H and O–H groups in total. The first kappa shape index (κ1) is 47.9. The molecule has 2 aromatic heterocycles. The average molecular weight is 1020 g/mol. The summed E-state index contributed by atoms with van der Waals surface area (Å²) >= 11 is 4.10. The smallest absolute Gasteiger partial charge is 0.417 e. The van der Waals surface area contributed by atoms with Gasteiger partial charge in [0.05, 0.1) is 37.3 Å². The molecule has 0 bridgehead atoms. The molecular weight excluding hydrogens is 941 g/mol.